The zero-order valence-corrected chi connectivity index (χ0v) is 7.03. The van der Waals surface area contributed by atoms with E-state index in [1.807, 2.05) is 0 Å². The molecule has 0 atom stereocenters. The van der Waals surface area contributed by atoms with Crippen molar-refractivity contribution in [3.8, 4) is 0 Å². The smallest absolute Gasteiger partial charge is 0.209 e. The number of rotatable bonds is 1. The zero-order valence-electron chi connectivity index (χ0n) is 7.03. The van der Waals surface area contributed by atoms with Crippen molar-refractivity contribution >= 4 is 0 Å². The molecule has 70 valence electrons. The second-order valence-electron chi connectivity index (χ2n) is 2.93. The molecule has 2 rings (SSSR count). The summed E-state index contributed by atoms with van der Waals surface area (Å²) in [6.07, 6.45) is 1.31. The van der Waals surface area contributed by atoms with Gasteiger partial charge in [-0.15, -0.1) is 0 Å². The molecule has 0 unspecified atom stereocenters. The van der Waals surface area contributed by atoms with Crippen LogP contribution in [-0.2, 0) is 18.9 Å². The maximum atomic E-state index is 5.35. The summed E-state index contributed by atoms with van der Waals surface area (Å²) in [4.78, 5) is 0. The Kier molecular flexibility index (Phi) is 2.94. The summed E-state index contributed by atoms with van der Waals surface area (Å²) in [5.74, 6) is 0. The van der Waals surface area contributed by atoms with Gasteiger partial charge in [-0.1, -0.05) is 0 Å². The van der Waals surface area contributed by atoms with Crippen LogP contribution in [0.25, 0.3) is 0 Å². The summed E-state index contributed by atoms with van der Waals surface area (Å²) < 4.78 is 21.4. The summed E-state index contributed by atoms with van der Waals surface area (Å²) in [7, 11) is 0. The molecule has 0 aromatic carbocycles. The Hall–Kier alpha value is -0.160. The summed E-state index contributed by atoms with van der Waals surface area (Å²) in [5.41, 5.74) is 0. The van der Waals surface area contributed by atoms with E-state index in [0.29, 0.717) is 0 Å². The Morgan fingerprint density at radius 1 is 0.583 bits per heavy atom. The van der Waals surface area contributed by atoms with E-state index in [4.69, 9.17) is 18.9 Å². The first-order chi connectivity index (χ1) is 5.97. The van der Waals surface area contributed by atoms with Crippen LogP contribution in [0, 0.1) is 0 Å². The maximum Gasteiger partial charge on any atom is 0.209 e. The van der Waals surface area contributed by atoms with Crippen LogP contribution in [0.2, 0.25) is 0 Å². The lowest BCUT2D eigenvalue weighted by atomic mass is 10.4. The van der Waals surface area contributed by atoms with E-state index >= 15 is 0 Å². The van der Waals surface area contributed by atoms with Gasteiger partial charge in [0.1, 0.15) is 0 Å². The van der Waals surface area contributed by atoms with E-state index in [-0.39, 0.29) is 12.6 Å². The molecule has 0 spiro atoms. The molecule has 0 amide bonds. The molecule has 2 aliphatic heterocycles. The van der Waals surface area contributed by atoms with E-state index < -0.39 is 0 Å². The molecule has 2 heterocycles. The van der Waals surface area contributed by atoms with Crippen LogP contribution in [0.3, 0.4) is 0 Å². The van der Waals surface area contributed by atoms with Gasteiger partial charge >= 0.3 is 0 Å². The van der Waals surface area contributed by atoms with Gasteiger partial charge in [0.05, 0.1) is 26.4 Å². The lowest BCUT2D eigenvalue weighted by molar-refractivity contribution is -0.315. The van der Waals surface area contributed by atoms with Gasteiger partial charge < -0.3 is 18.9 Å². The van der Waals surface area contributed by atoms with E-state index in [0.717, 1.165) is 39.3 Å². The fourth-order valence-corrected chi connectivity index (χ4v) is 1.33. The van der Waals surface area contributed by atoms with Crippen molar-refractivity contribution in [1.82, 2.24) is 0 Å². The average Bonchev–Trinajstić information content (AvgIpc) is 2.21. The quantitative estimate of drug-likeness (QED) is 0.580. The fraction of sp³-hybridized carbons (Fsp3) is 1.00. The minimum Gasteiger partial charge on any atom is -0.348 e. The van der Waals surface area contributed by atoms with Crippen molar-refractivity contribution in [2.45, 2.75) is 25.4 Å². The average molecular weight is 174 g/mol. The molecule has 12 heavy (non-hydrogen) atoms. The zero-order chi connectivity index (χ0) is 8.23. The topological polar surface area (TPSA) is 36.9 Å². The predicted octanol–water partition coefficient (Wildman–Crippen LogP) is 0.512. The van der Waals surface area contributed by atoms with Gasteiger partial charge in [0, 0.05) is 0 Å². The molecule has 2 fully saturated rings. The predicted molar refractivity (Wildman–Crippen MR) is 40.6 cm³/mol. The molecular formula is C8H14O4. The highest BCUT2D eigenvalue weighted by molar-refractivity contribution is 4.59. The number of hydrogen-bond donors (Lipinski definition) is 0. The SMILES string of the molecule is C1COC(C2OCCCO2)OC1. The van der Waals surface area contributed by atoms with Crippen molar-refractivity contribution in [3.05, 3.63) is 0 Å². The Morgan fingerprint density at radius 2 is 0.917 bits per heavy atom. The Morgan fingerprint density at radius 3 is 1.25 bits per heavy atom. The number of hydrogen-bond acceptors (Lipinski definition) is 4. The molecule has 0 N–H and O–H groups in total. The van der Waals surface area contributed by atoms with Gasteiger partial charge in [0.2, 0.25) is 12.6 Å². The first-order valence-corrected chi connectivity index (χ1v) is 4.43. The van der Waals surface area contributed by atoms with E-state index in [2.05, 4.69) is 0 Å². The lowest BCUT2D eigenvalue weighted by Gasteiger charge is -2.32. The van der Waals surface area contributed by atoms with Crippen LogP contribution in [0.1, 0.15) is 12.8 Å². The van der Waals surface area contributed by atoms with Crippen molar-refractivity contribution in [2.75, 3.05) is 26.4 Å². The van der Waals surface area contributed by atoms with Gasteiger partial charge in [0.15, 0.2) is 0 Å². The first-order valence-electron chi connectivity index (χ1n) is 4.43. The molecule has 2 aliphatic rings. The highest BCUT2D eigenvalue weighted by Crippen LogP contribution is 2.16. The van der Waals surface area contributed by atoms with Gasteiger partial charge in [-0.2, -0.15) is 0 Å². The highest BCUT2D eigenvalue weighted by Gasteiger charge is 2.28. The molecule has 0 aromatic heterocycles. The van der Waals surface area contributed by atoms with Gasteiger partial charge in [-0.25, -0.2) is 0 Å². The third-order valence-electron chi connectivity index (χ3n) is 1.93. The maximum absolute atomic E-state index is 5.35. The standard InChI is InChI=1S/C8H14O4/c1-3-9-7(10-4-1)8-11-5-2-6-12-8/h7-8H,1-6H2. The molecule has 0 radical (unpaired) electrons. The van der Waals surface area contributed by atoms with E-state index in [9.17, 15) is 0 Å². The molecule has 0 bridgehead atoms. The largest absolute Gasteiger partial charge is 0.348 e. The molecule has 4 nitrogen and oxygen atoms in total. The summed E-state index contributed by atoms with van der Waals surface area (Å²) >= 11 is 0. The highest BCUT2D eigenvalue weighted by atomic mass is 16.8. The minimum atomic E-state index is -0.306. The van der Waals surface area contributed by atoms with Crippen LogP contribution in [-0.4, -0.2) is 39.0 Å². The normalized spacial score (nSPS) is 29.0. The van der Waals surface area contributed by atoms with Crippen molar-refractivity contribution in [1.29, 1.82) is 0 Å². The van der Waals surface area contributed by atoms with Crippen LogP contribution in [0.15, 0.2) is 0 Å². The molecule has 2 saturated heterocycles. The Labute approximate surface area is 71.7 Å². The van der Waals surface area contributed by atoms with Crippen molar-refractivity contribution < 1.29 is 18.9 Å². The third-order valence-corrected chi connectivity index (χ3v) is 1.93. The van der Waals surface area contributed by atoms with Crippen LogP contribution >= 0.6 is 0 Å². The second kappa shape index (κ2) is 4.18. The Balaban J connectivity index is 1.80. The molecular weight excluding hydrogens is 160 g/mol. The second-order valence-corrected chi connectivity index (χ2v) is 2.93. The van der Waals surface area contributed by atoms with Crippen LogP contribution in [0.5, 0.6) is 0 Å². The Bertz CT molecular complexity index is 111. The van der Waals surface area contributed by atoms with Crippen molar-refractivity contribution in [3.63, 3.8) is 0 Å². The third kappa shape index (κ3) is 1.95. The van der Waals surface area contributed by atoms with Crippen molar-refractivity contribution in [2.24, 2.45) is 0 Å². The summed E-state index contributed by atoms with van der Waals surface area (Å²) in [5, 5.41) is 0. The van der Waals surface area contributed by atoms with Crippen LogP contribution < -0.4 is 0 Å². The minimum absolute atomic E-state index is 0.306. The summed E-state index contributed by atoms with van der Waals surface area (Å²) in [6.45, 7) is 2.98. The molecule has 0 aromatic rings. The first kappa shape index (κ1) is 8.44. The summed E-state index contributed by atoms with van der Waals surface area (Å²) in [6, 6.07) is 0. The fourth-order valence-electron chi connectivity index (χ4n) is 1.33. The number of ether oxygens (including phenoxy) is 4. The molecule has 0 saturated carbocycles. The lowest BCUT2D eigenvalue weighted by Crippen LogP contribution is -2.42. The van der Waals surface area contributed by atoms with Crippen LogP contribution in [0.4, 0.5) is 0 Å². The van der Waals surface area contributed by atoms with Gasteiger partial charge in [0.25, 0.3) is 0 Å². The van der Waals surface area contributed by atoms with Gasteiger partial charge in [-0.05, 0) is 12.8 Å². The monoisotopic (exact) mass is 174 g/mol. The van der Waals surface area contributed by atoms with E-state index in [1.54, 1.807) is 0 Å². The van der Waals surface area contributed by atoms with E-state index in [1.165, 1.54) is 0 Å². The molecule has 0 aliphatic carbocycles. The van der Waals surface area contributed by atoms with Gasteiger partial charge in [-0.3, -0.25) is 0 Å². The molecule has 4 heteroatoms.